The largest absolute Gasteiger partial charge is 0.396 e. The zero-order valence-corrected chi connectivity index (χ0v) is 14.9. The van der Waals surface area contributed by atoms with Gasteiger partial charge in [-0.1, -0.05) is 0 Å². The van der Waals surface area contributed by atoms with Crippen molar-refractivity contribution in [2.24, 2.45) is 0 Å². The number of carbonyl (C=O) groups excluding carboxylic acids is 1. The smallest absolute Gasteiger partial charge is 0.290 e. The summed E-state index contributed by atoms with van der Waals surface area (Å²) in [4.78, 5) is 23.2. The quantitative estimate of drug-likeness (QED) is 0.679. The van der Waals surface area contributed by atoms with Crippen LogP contribution < -0.4 is 5.32 Å². The zero-order valence-electron chi connectivity index (χ0n) is 14.1. The number of thiophene rings is 1. The van der Waals surface area contributed by atoms with Gasteiger partial charge in [-0.15, -0.1) is 16.4 Å². The highest BCUT2D eigenvalue weighted by Crippen LogP contribution is 2.39. The Hall–Kier alpha value is -2.10. The number of ether oxygens (including phenoxy) is 1. The Bertz CT molecular complexity index is 962. The molecule has 1 aliphatic heterocycles. The normalized spacial score (nSPS) is 16.3. The van der Waals surface area contributed by atoms with Crippen LogP contribution in [0.25, 0.3) is 15.9 Å². The highest BCUT2D eigenvalue weighted by Gasteiger charge is 2.31. The summed E-state index contributed by atoms with van der Waals surface area (Å²) in [5, 5.41) is 16.7. The van der Waals surface area contributed by atoms with Crippen molar-refractivity contribution in [1.29, 1.82) is 0 Å². The summed E-state index contributed by atoms with van der Waals surface area (Å²) < 4.78 is 7.44. The number of nitrogens with zero attached hydrogens (tertiary/aromatic N) is 4. The van der Waals surface area contributed by atoms with E-state index in [0.29, 0.717) is 25.2 Å². The van der Waals surface area contributed by atoms with Crippen molar-refractivity contribution in [3.63, 3.8) is 0 Å². The van der Waals surface area contributed by atoms with Crippen LogP contribution in [0.15, 0.2) is 6.33 Å². The molecule has 0 aromatic carbocycles. The Morgan fingerprint density at radius 2 is 2.36 bits per heavy atom. The maximum absolute atomic E-state index is 12.2. The van der Waals surface area contributed by atoms with Gasteiger partial charge >= 0.3 is 0 Å². The molecule has 0 spiro atoms. The second-order valence-corrected chi connectivity index (χ2v) is 7.77. The number of carbonyl (C=O) groups is 1. The van der Waals surface area contributed by atoms with Gasteiger partial charge in [0.2, 0.25) is 5.82 Å². The van der Waals surface area contributed by atoms with Crippen LogP contribution in [0.3, 0.4) is 0 Å². The first-order chi connectivity index (χ1) is 12.0. The Balaban J connectivity index is 1.78. The predicted molar refractivity (Wildman–Crippen MR) is 92.8 cm³/mol. The molecule has 0 aliphatic carbocycles. The Morgan fingerprint density at radius 3 is 3.16 bits per heavy atom. The molecule has 2 N–H and O–H groups in total. The average Bonchev–Trinajstić information content (AvgIpc) is 3.14. The minimum absolute atomic E-state index is 0.0301. The van der Waals surface area contributed by atoms with Crippen LogP contribution in [0, 0.1) is 0 Å². The fourth-order valence-electron chi connectivity index (χ4n) is 3.00. The molecule has 4 rings (SSSR count). The van der Waals surface area contributed by atoms with Crippen molar-refractivity contribution in [3.8, 4) is 0 Å². The van der Waals surface area contributed by atoms with E-state index in [-0.39, 0.29) is 23.9 Å². The molecule has 8 nitrogen and oxygen atoms in total. The van der Waals surface area contributed by atoms with Crippen LogP contribution in [0.5, 0.6) is 0 Å². The van der Waals surface area contributed by atoms with Crippen molar-refractivity contribution < 1.29 is 14.6 Å². The van der Waals surface area contributed by atoms with E-state index in [1.54, 1.807) is 22.2 Å². The maximum Gasteiger partial charge on any atom is 0.290 e. The highest BCUT2D eigenvalue weighted by atomic mass is 32.1. The summed E-state index contributed by atoms with van der Waals surface area (Å²) in [5.41, 5.74) is 1.60. The molecule has 0 saturated carbocycles. The van der Waals surface area contributed by atoms with E-state index in [1.165, 1.54) is 5.56 Å². The van der Waals surface area contributed by atoms with Crippen molar-refractivity contribution in [3.05, 3.63) is 22.6 Å². The second-order valence-electron chi connectivity index (χ2n) is 6.69. The monoisotopic (exact) mass is 361 g/mol. The average molecular weight is 361 g/mol. The number of aromatic nitrogens is 4. The molecular weight excluding hydrogens is 342 g/mol. The molecule has 0 radical (unpaired) electrons. The summed E-state index contributed by atoms with van der Waals surface area (Å²) in [6.45, 7) is 5.12. The Labute approximate surface area is 147 Å². The molecule has 0 atom stereocenters. The van der Waals surface area contributed by atoms with Crippen LogP contribution in [-0.2, 0) is 17.8 Å². The second kappa shape index (κ2) is 6.01. The molecule has 0 saturated heterocycles. The number of hydrogen-bond acceptors (Lipinski definition) is 7. The van der Waals surface area contributed by atoms with Crippen molar-refractivity contribution in [1.82, 2.24) is 24.9 Å². The highest BCUT2D eigenvalue weighted by molar-refractivity contribution is 7.19. The third-order valence-electron chi connectivity index (χ3n) is 4.23. The molecule has 3 aromatic rings. The lowest BCUT2D eigenvalue weighted by molar-refractivity contribution is -0.0379. The summed E-state index contributed by atoms with van der Waals surface area (Å²) in [7, 11) is 0. The summed E-state index contributed by atoms with van der Waals surface area (Å²) >= 11 is 1.60. The number of aliphatic hydroxyl groups is 1. The zero-order chi connectivity index (χ0) is 17.6. The number of amides is 1. The SMILES string of the molecule is CC1(C)Cc2c(sc3ncn4nc(C(=O)NCCCO)nc4c23)CO1. The molecule has 0 fully saturated rings. The molecule has 4 heterocycles. The van der Waals surface area contributed by atoms with Crippen LogP contribution in [-0.4, -0.2) is 49.3 Å². The van der Waals surface area contributed by atoms with Gasteiger partial charge in [0, 0.05) is 24.4 Å². The molecule has 25 heavy (non-hydrogen) atoms. The maximum atomic E-state index is 12.2. The van der Waals surface area contributed by atoms with E-state index >= 15 is 0 Å². The first-order valence-electron chi connectivity index (χ1n) is 8.17. The van der Waals surface area contributed by atoms with Gasteiger partial charge < -0.3 is 15.2 Å². The molecule has 0 unspecified atom stereocenters. The third-order valence-corrected chi connectivity index (χ3v) is 5.34. The van der Waals surface area contributed by atoms with Gasteiger partial charge in [0.15, 0.2) is 5.65 Å². The van der Waals surface area contributed by atoms with Gasteiger partial charge in [-0.25, -0.2) is 14.5 Å². The topological polar surface area (TPSA) is 102 Å². The number of aliphatic hydroxyl groups excluding tert-OH is 1. The minimum atomic E-state index is -0.349. The van der Waals surface area contributed by atoms with Gasteiger partial charge in [0.1, 0.15) is 11.2 Å². The van der Waals surface area contributed by atoms with Crippen molar-refractivity contribution >= 4 is 33.1 Å². The Morgan fingerprint density at radius 1 is 1.52 bits per heavy atom. The van der Waals surface area contributed by atoms with Crippen LogP contribution >= 0.6 is 11.3 Å². The lowest BCUT2D eigenvalue weighted by Gasteiger charge is -2.30. The third kappa shape index (κ3) is 2.88. The molecule has 9 heteroatoms. The van der Waals surface area contributed by atoms with E-state index in [2.05, 4.69) is 34.2 Å². The standard InChI is InChI=1S/C16H19N5O3S/c1-16(2)6-9-10(7-24-16)25-15-11(9)13-19-12(20-21(13)8-18-15)14(23)17-4-3-5-22/h8,22H,3-7H2,1-2H3,(H,17,23). The van der Waals surface area contributed by atoms with E-state index in [0.717, 1.165) is 21.5 Å². The molecule has 1 aliphatic rings. The van der Waals surface area contributed by atoms with Gasteiger partial charge in [-0.2, -0.15) is 0 Å². The number of rotatable bonds is 4. The number of fused-ring (bicyclic) bond motifs is 5. The van der Waals surface area contributed by atoms with Gasteiger partial charge in [-0.3, -0.25) is 4.79 Å². The molecular formula is C16H19N5O3S. The van der Waals surface area contributed by atoms with Gasteiger partial charge in [-0.05, 0) is 25.8 Å². The molecule has 3 aromatic heterocycles. The van der Waals surface area contributed by atoms with E-state index in [9.17, 15) is 4.79 Å². The van der Waals surface area contributed by atoms with E-state index in [1.807, 2.05) is 0 Å². The molecule has 0 bridgehead atoms. The van der Waals surface area contributed by atoms with Gasteiger partial charge in [0.25, 0.3) is 5.91 Å². The lowest BCUT2D eigenvalue weighted by Crippen LogP contribution is -2.31. The summed E-state index contributed by atoms with van der Waals surface area (Å²) in [5.74, 6) is -0.239. The molecule has 1 amide bonds. The van der Waals surface area contributed by atoms with Crippen LogP contribution in [0.4, 0.5) is 0 Å². The fourth-order valence-corrected chi connectivity index (χ4v) is 4.06. The summed E-state index contributed by atoms with van der Waals surface area (Å²) in [6.07, 6.45) is 2.86. The number of nitrogens with one attached hydrogen (secondary N) is 1. The number of hydrogen-bond donors (Lipinski definition) is 2. The first-order valence-corrected chi connectivity index (χ1v) is 8.99. The van der Waals surface area contributed by atoms with Crippen molar-refractivity contribution in [2.45, 2.75) is 38.9 Å². The predicted octanol–water partition coefficient (Wildman–Crippen LogP) is 1.30. The van der Waals surface area contributed by atoms with Crippen LogP contribution in [0.2, 0.25) is 0 Å². The lowest BCUT2D eigenvalue weighted by atomic mass is 9.94. The molecule has 132 valence electrons. The van der Waals surface area contributed by atoms with Crippen LogP contribution in [0.1, 0.15) is 41.3 Å². The first kappa shape index (κ1) is 16.4. The fraction of sp³-hybridized carbons (Fsp3) is 0.500. The van der Waals surface area contributed by atoms with Gasteiger partial charge in [0.05, 0.1) is 17.6 Å². The van der Waals surface area contributed by atoms with E-state index in [4.69, 9.17) is 9.84 Å². The minimum Gasteiger partial charge on any atom is -0.396 e. The Kier molecular flexibility index (Phi) is 3.94. The van der Waals surface area contributed by atoms with E-state index < -0.39 is 0 Å². The van der Waals surface area contributed by atoms with Crippen molar-refractivity contribution in [2.75, 3.05) is 13.2 Å². The summed E-state index contributed by atoms with van der Waals surface area (Å²) in [6, 6.07) is 0.